The Bertz CT molecular complexity index is 844. The summed E-state index contributed by atoms with van der Waals surface area (Å²) < 4.78 is 11.7. The van der Waals surface area contributed by atoms with Gasteiger partial charge >= 0.3 is 0 Å². The lowest BCUT2D eigenvalue weighted by atomic mass is 10.1. The van der Waals surface area contributed by atoms with Crippen LogP contribution in [0.25, 0.3) is 0 Å². The molecule has 3 aromatic rings. The van der Waals surface area contributed by atoms with Gasteiger partial charge in [-0.2, -0.15) is 0 Å². The molecule has 0 heterocycles. The van der Waals surface area contributed by atoms with E-state index in [1.54, 1.807) is 0 Å². The Morgan fingerprint density at radius 3 is 2.24 bits per heavy atom. The first-order valence-electron chi connectivity index (χ1n) is 10.4. The van der Waals surface area contributed by atoms with Crippen LogP contribution >= 0.6 is 0 Å². The molecule has 0 radical (unpaired) electrons. The molecule has 29 heavy (non-hydrogen) atoms. The zero-order chi connectivity index (χ0) is 20.3. The summed E-state index contributed by atoms with van der Waals surface area (Å²) in [5.74, 6) is 2.48. The molecular formula is C26H31NO2. The monoisotopic (exact) mass is 389 g/mol. The molecule has 3 heteroatoms. The minimum Gasteiger partial charge on any atom is -0.494 e. The predicted molar refractivity (Wildman–Crippen MR) is 121 cm³/mol. The van der Waals surface area contributed by atoms with Crippen LogP contribution in [0.2, 0.25) is 0 Å². The van der Waals surface area contributed by atoms with E-state index in [1.807, 2.05) is 30.3 Å². The maximum Gasteiger partial charge on any atom is 0.121 e. The second-order valence-corrected chi connectivity index (χ2v) is 7.64. The van der Waals surface area contributed by atoms with E-state index >= 15 is 0 Å². The molecule has 152 valence electrons. The van der Waals surface area contributed by atoms with Crippen LogP contribution < -0.4 is 14.8 Å². The van der Waals surface area contributed by atoms with E-state index in [-0.39, 0.29) is 0 Å². The number of benzene rings is 3. The van der Waals surface area contributed by atoms with E-state index in [0.717, 1.165) is 43.2 Å². The molecule has 0 aliphatic carbocycles. The van der Waals surface area contributed by atoms with Gasteiger partial charge in [-0.3, -0.25) is 0 Å². The van der Waals surface area contributed by atoms with Gasteiger partial charge in [0.2, 0.25) is 0 Å². The van der Waals surface area contributed by atoms with Crippen molar-refractivity contribution >= 4 is 5.69 Å². The van der Waals surface area contributed by atoms with E-state index < -0.39 is 0 Å². The maximum absolute atomic E-state index is 5.86. The first kappa shape index (κ1) is 20.8. The standard InChI is InChI=1S/C26H31NO2/c1-21(2)15-17-29-26-10-6-9-24(19-26)27-20-23-11-13-25(14-12-23)28-18-16-22-7-4-3-5-8-22/h3-14,19,21,27H,15-18,20H2,1-2H3. The molecule has 3 aromatic carbocycles. The van der Waals surface area contributed by atoms with Gasteiger partial charge in [-0.25, -0.2) is 0 Å². The van der Waals surface area contributed by atoms with Gasteiger partial charge in [0.1, 0.15) is 11.5 Å². The lowest BCUT2D eigenvalue weighted by Crippen LogP contribution is -2.03. The van der Waals surface area contributed by atoms with Gasteiger partial charge in [0.15, 0.2) is 0 Å². The van der Waals surface area contributed by atoms with Crippen molar-refractivity contribution in [3.8, 4) is 11.5 Å². The van der Waals surface area contributed by atoms with E-state index in [4.69, 9.17) is 9.47 Å². The van der Waals surface area contributed by atoms with E-state index in [0.29, 0.717) is 12.5 Å². The average Bonchev–Trinajstić information content (AvgIpc) is 2.74. The van der Waals surface area contributed by atoms with E-state index in [2.05, 4.69) is 67.7 Å². The smallest absolute Gasteiger partial charge is 0.121 e. The fourth-order valence-electron chi connectivity index (χ4n) is 2.95. The first-order chi connectivity index (χ1) is 14.2. The highest BCUT2D eigenvalue weighted by molar-refractivity contribution is 5.48. The van der Waals surface area contributed by atoms with Crippen LogP contribution in [0.4, 0.5) is 5.69 Å². The SMILES string of the molecule is CC(C)CCOc1cccc(NCc2ccc(OCCc3ccccc3)cc2)c1. The maximum atomic E-state index is 5.86. The minimum atomic E-state index is 0.654. The van der Waals surface area contributed by atoms with Crippen LogP contribution in [-0.4, -0.2) is 13.2 Å². The highest BCUT2D eigenvalue weighted by Gasteiger charge is 2.01. The number of anilines is 1. The molecule has 0 aliphatic heterocycles. The van der Waals surface area contributed by atoms with Gasteiger partial charge in [0.05, 0.1) is 13.2 Å². The molecule has 0 unspecified atom stereocenters. The van der Waals surface area contributed by atoms with Crippen LogP contribution in [0, 0.1) is 5.92 Å². The molecule has 3 nitrogen and oxygen atoms in total. The van der Waals surface area contributed by atoms with Gasteiger partial charge in [0, 0.05) is 24.7 Å². The summed E-state index contributed by atoms with van der Waals surface area (Å²) in [4.78, 5) is 0. The Labute approximate surface area is 174 Å². The largest absolute Gasteiger partial charge is 0.494 e. The number of hydrogen-bond donors (Lipinski definition) is 1. The van der Waals surface area contributed by atoms with Crippen molar-refractivity contribution in [1.82, 2.24) is 0 Å². The van der Waals surface area contributed by atoms with Crippen LogP contribution in [-0.2, 0) is 13.0 Å². The zero-order valence-electron chi connectivity index (χ0n) is 17.4. The van der Waals surface area contributed by atoms with Crippen LogP contribution in [0.5, 0.6) is 11.5 Å². The summed E-state index contributed by atoms with van der Waals surface area (Å²) >= 11 is 0. The molecule has 0 amide bonds. The first-order valence-corrected chi connectivity index (χ1v) is 10.4. The summed E-state index contributed by atoms with van der Waals surface area (Å²) in [6.45, 7) is 6.62. The number of ether oxygens (including phenoxy) is 2. The summed E-state index contributed by atoms with van der Waals surface area (Å²) in [7, 11) is 0. The third-order valence-electron chi connectivity index (χ3n) is 4.72. The average molecular weight is 390 g/mol. The van der Waals surface area contributed by atoms with Gasteiger partial charge in [-0.15, -0.1) is 0 Å². The lowest BCUT2D eigenvalue weighted by Gasteiger charge is -2.11. The van der Waals surface area contributed by atoms with Crippen molar-refractivity contribution in [1.29, 1.82) is 0 Å². The van der Waals surface area contributed by atoms with Crippen LogP contribution in [0.15, 0.2) is 78.9 Å². The van der Waals surface area contributed by atoms with Crippen molar-refractivity contribution in [2.45, 2.75) is 33.2 Å². The highest BCUT2D eigenvalue weighted by Crippen LogP contribution is 2.19. The lowest BCUT2D eigenvalue weighted by molar-refractivity contribution is 0.289. The molecular weight excluding hydrogens is 358 g/mol. The normalized spacial score (nSPS) is 10.7. The third kappa shape index (κ3) is 7.53. The Hall–Kier alpha value is -2.94. The second kappa shape index (κ2) is 11.2. The molecule has 0 fully saturated rings. The van der Waals surface area contributed by atoms with Gasteiger partial charge in [-0.05, 0) is 47.7 Å². The Morgan fingerprint density at radius 2 is 1.48 bits per heavy atom. The van der Waals surface area contributed by atoms with Crippen molar-refractivity contribution < 1.29 is 9.47 Å². The fourth-order valence-corrected chi connectivity index (χ4v) is 2.95. The molecule has 0 atom stereocenters. The van der Waals surface area contributed by atoms with Crippen LogP contribution in [0.1, 0.15) is 31.4 Å². The molecule has 0 spiro atoms. The Balaban J connectivity index is 1.43. The second-order valence-electron chi connectivity index (χ2n) is 7.64. The fraction of sp³-hybridized carbons (Fsp3) is 0.308. The molecule has 0 saturated carbocycles. The predicted octanol–water partition coefficient (Wildman–Crippen LogP) is 6.35. The van der Waals surface area contributed by atoms with E-state index in [9.17, 15) is 0 Å². The van der Waals surface area contributed by atoms with Crippen molar-refractivity contribution in [2.75, 3.05) is 18.5 Å². The number of rotatable bonds is 11. The quantitative estimate of drug-likeness (QED) is 0.415. The summed E-state index contributed by atoms with van der Waals surface area (Å²) in [6, 6.07) is 26.8. The van der Waals surface area contributed by atoms with Crippen molar-refractivity contribution in [3.63, 3.8) is 0 Å². The van der Waals surface area contributed by atoms with E-state index in [1.165, 1.54) is 11.1 Å². The van der Waals surface area contributed by atoms with Crippen molar-refractivity contribution in [2.24, 2.45) is 5.92 Å². The Kier molecular flexibility index (Phi) is 8.00. The highest BCUT2D eigenvalue weighted by atomic mass is 16.5. The molecule has 0 saturated heterocycles. The molecule has 0 aromatic heterocycles. The van der Waals surface area contributed by atoms with Gasteiger partial charge in [-0.1, -0.05) is 62.4 Å². The molecule has 0 bridgehead atoms. The zero-order valence-corrected chi connectivity index (χ0v) is 17.4. The molecule has 1 N–H and O–H groups in total. The minimum absolute atomic E-state index is 0.654. The van der Waals surface area contributed by atoms with Gasteiger partial charge < -0.3 is 14.8 Å². The van der Waals surface area contributed by atoms with Gasteiger partial charge in [0.25, 0.3) is 0 Å². The molecule has 0 aliphatic rings. The number of nitrogens with one attached hydrogen (secondary N) is 1. The summed E-state index contributed by atoms with van der Waals surface area (Å²) in [5.41, 5.74) is 3.57. The van der Waals surface area contributed by atoms with Crippen molar-refractivity contribution in [3.05, 3.63) is 90.0 Å². The summed E-state index contributed by atoms with van der Waals surface area (Å²) in [5, 5.41) is 3.46. The molecule has 3 rings (SSSR count). The Morgan fingerprint density at radius 1 is 0.724 bits per heavy atom. The third-order valence-corrected chi connectivity index (χ3v) is 4.72. The topological polar surface area (TPSA) is 30.5 Å². The summed E-state index contributed by atoms with van der Waals surface area (Å²) in [6.07, 6.45) is 1.98. The number of hydrogen-bond acceptors (Lipinski definition) is 3. The van der Waals surface area contributed by atoms with Crippen LogP contribution in [0.3, 0.4) is 0 Å².